The van der Waals surface area contributed by atoms with Gasteiger partial charge in [0.05, 0.1) is 45.6 Å². The lowest BCUT2D eigenvalue weighted by Gasteiger charge is -2.10. The van der Waals surface area contributed by atoms with Crippen LogP contribution in [0.3, 0.4) is 0 Å². The number of nitrogens with zero attached hydrogens (tertiary/aromatic N) is 6. The molecule has 0 saturated heterocycles. The monoisotopic (exact) mass is 878 g/mol. The first-order chi connectivity index (χ1) is 31.1. The van der Waals surface area contributed by atoms with Crippen molar-refractivity contribution in [2.24, 2.45) is 0 Å². The van der Waals surface area contributed by atoms with Gasteiger partial charge in [0.2, 0.25) is 0 Å². The van der Waals surface area contributed by atoms with Gasteiger partial charge in [0.25, 0.3) is 0 Å². The standard InChI is InChI=1S/C54H50N6S3/c1-3-5-7-9-19-37-36-52(63-53(37)40-33-47(43-23-13-17-29-57-43)60-48(34-40)44-24-14-18-30-58-44)49-25-26-50(61-49)54-38(20-10-8-6-4-2)35-51(62-54)39-31-45(41-21-11-15-27-55-41)59-46(32-39)42-22-12-16-28-56-42/h11-18,21-36H,3-10,19-20H2,1-2H3. The molecule has 9 heterocycles. The molecule has 9 heteroatoms. The van der Waals surface area contributed by atoms with Gasteiger partial charge in [-0.25, -0.2) is 9.97 Å². The fourth-order valence-electron chi connectivity index (χ4n) is 7.94. The molecule has 0 aliphatic heterocycles. The van der Waals surface area contributed by atoms with E-state index in [1.54, 1.807) is 0 Å². The number of thiophene rings is 3. The molecule has 314 valence electrons. The van der Waals surface area contributed by atoms with Crippen molar-refractivity contribution in [1.82, 2.24) is 29.9 Å². The van der Waals surface area contributed by atoms with E-state index in [-0.39, 0.29) is 0 Å². The Kier molecular flexibility index (Phi) is 13.7. The van der Waals surface area contributed by atoms with Crippen LogP contribution in [0.2, 0.25) is 0 Å². The van der Waals surface area contributed by atoms with Gasteiger partial charge in [0, 0.05) is 54.1 Å². The van der Waals surface area contributed by atoms with Gasteiger partial charge in [-0.05, 0) is 145 Å². The fourth-order valence-corrected chi connectivity index (χ4v) is 11.6. The van der Waals surface area contributed by atoms with Gasteiger partial charge in [0.1, 0.15) is 0 Å². The van der Waals surface area contributed by atoms with E-state index in [4.69, 9.17) is 19.9 Å². The number of hydrogen-bond donors (Lipinski definition) is 0. The molecule has 0 N–H and O–H groups in total. The van der Waals surface area contributed by atoms with Crippen LogP contribution in [0, 0.1) is 0 Å². The summed E-state index contributed by atoms with van der Waals surface area (Å²) < 4.78 is 0. The van der Waals surface area contributed by atoms with Crippen molar-refractivity contribution in [2.45, 2.75) is 78.1 Å². The molecule has 0 aliphatic carbocycles. The maximum Gasteiger partial charge on any atom is 0.0900 e. The number of unbranched alkanes of at least 4 members (excludes halogenated alkanes) is 6. The quantitative estimate of drug-likeness (QED) is 0.0799. The summed E-state index contributed by atoms with van der Waals surface area (Å²) in [5, 5.41) is 0. The highest BCUT2D eigenvalue weighted by Crippen LogP contribution is 2.47. The van der Waals surface area contributed by atoms with E-state index in [0.29, 0.717) is 0 Å². The third-order valence-corrected chi connectivity index (χ3v) is 15.1. The number of hydrogen-bond acceptors (Lipinski definition) is 9. The van der Waals surface area contributed by atoms with E-state index in [1.165, 1.54) is 85.3 Å². The van der Waals surface area contributed by atoms with Crippen molar-refractivity contribution in [2.75, 3.05) is 0 Å². The van der Waals surface area contributed by atoms with Crippen LogP contribution in [0.5, 0.6) is 0 Å². The molecule has 0 atom stereocenters. The molecule has 6 nitrogen and oxygen atoms in total. The number of aromatic nitrogens is 6. The maximum atomic E-state index is 5.09. The predicted molar refractivity (Wildman–Crippen MR) is 266 cm³/mol. The van der Waals surface area contributed by atoms with E-state index in [2.05, 4.69) is 72.3 Å². The highest BCUT2D eigenvalue weighted by atomic mass is 32.1. The Hall–Kier alpha value is -6.00. The van der Waals surface area contributed by atoms with Crippen LogP contribution in [0.1, 0.15) is 76.3 Å². The first-order valence-electron chi connectivity index (χ1n) is 22.2. The fraction of sp³-hybridized carbons (Fsp3) is 0.222. The highest BCUT2D eigenvalue weighted by molar-refractivity contribution is 7.28. The molecule has 0 unspecified atom stereocenters. The highest BCUT2D eigenvalue weighted by Gasteiger charge is 2.21. The molecular formula is C54H50N6S3. The molecule has 0 saturated carbocycles. The lowest BCUT2D eigenvalue weighted by Crippen LogP contribution is -1.94. The Morgan fingerprint density at radius 1 is 0.349 bits per heavy atom. The summed E-state index contributed by atoms with van der Waals surface area (Å²) in [5.41, 5.74) is 11.9. The summed E-state index contributed by atoms with van der Waals surface area (Å²) in [5.74, 6) is 0. The third-order valence-electron chi connectivity index (χ3n) is 11.2. The summed E-state index contributed by atoms with van der Waals surface area (Å²) in [6.07, 6.45) is 19.2. The topological polar surface area (TPSA) is 77.3 Å². The van der Waals surface area contributed by atoms with Crippen LogP contribution < -0.4 is 0 Å². The minimum atomic E-state index is 0.846. The molecule has 0 bridgehead atoms. The molecule has 0 radical (unpaired) electrons. The van der Waals surface area contributed by atoms with Crippen molar-refractivity contribution < 1.29 is 0 Å². The van der Waals surface area contributed by atoms with Gasteiger partial charge < -0.3 is 0 Å². The van der Waals surface area contributed by atoms with E-state index < -0.39 is 0 Å². The van der Waals surface area contributed by atoms with E-state index >= 15 is 0 Å². The minimum Gasteiger partial charge on any atom is -0.255 e. The normalized spacial score (nSPS) is 11.3. The molecule has 9 aromatic rings. The summed E-state index contributed by atoms with van der Waals surface area (Å²) in [4.78, 5) is 36.7. The second kappa shape index (κ2) is 20.5. The Balaban J connectivity index is 1.11. The second-order valence-corrected chi connectivity index (χ2v) is 19.0. The molecule has 0 aromatic carbocycles. The lowest BCUT2D eigenvalue weighted by molar-refractivity contribution is 0.668. The zero-order valence-corrected chi connectivity index (χ0v) is 38.3. The van der Waals surface area contributed by atoms with Crippen molar-refractivity contribution in [3.8, 4) is 85.9 Å². The summed E-state index contributed by atoms with van der Waals surface area (Å²) in [6.45, 7) is 4.56. The molecular weight excluding hydrogens is 829 g/mol. The average Bonchev–Trinajstić information content (AvgIpc) is 4.12. The first-order valence-corrected chi connectivity index (χ1v) is 24.6. The van der Waals surface area contributed by atoms with E-state index in [1.807, 2.05) is 132 Å². The predicted octanol–water partition coefficient (Wildman–Crippen LogP) is 15.8. The zero-order chi connectivity index (χ0) is 42.8. The first kappa shape index (κ1) is 42.3. The number of rotatable bonds is 18. The molecule has 0 fully saturated rings. The van der Waals surface area contributed by atoms with Crippen molar-refractivity contribution in [1.29, 1.82) is 0 Å². The van der Waals surface area contributed by atoms with Crippen LogP contribution in [0.15, 0.2) is 146 Å². The third kappa shape index (κ3) is 10.1. The van der Waals surface area contributed by atoms with Crippen molar-refractivity contribution in [3.63, 3.8) is 0 Å². The van der Waals surface area contributed by atoms with Gasteiger partial charge in [-0.1, -0.05) is 76.6 Å². The summed E-state index contributed by atoms with van der Waals surface area (Å²) in [6, 6.07) is 42.4. The molecule has 9 aromatic heterocycles. The van der Waals surface area contributed by atoms with Gasteiger partial charge in [-0.2, -0.15) is 0 Å². The lowest BCUT2D eigenvalue weighted by atomic mass is 10.0. The average molecular weight is 879 g/mol. The number of aryl methyl sites for hydroxylation is 2. The van der Waals surface area contributed by atoms with E-state index in [9.17, 15) is 0 Å². The number of pyridine rings is 6. The van der Waals surface area contributed by atoms with Crippen LogP contribution >= 0.6 is 34.0 Å². The Morgan fingerprint density at radius 3 is 1.24 bits per heavy atom. The zero-order valence-electron chi connectivity index (χ0n) is 35.8. The molecule has 0 spiro atoms. The van der Waals surface area contributed by atoms with Crippen LogP contribution in [0.4, 0.5) is 0 Å². The molecule has 9 rings (SSSR count). The largest absolute Gasteiger partial charge is 0.255 e. The van der Waals surface area contributed by atoms with Crippen LogP contribution in [-0.2, 0) is 12.8 Å². The minimum absolute atomic E-state index is 0.846. The summed E-state index contributed by atoms with van der Waals surface area (Å²) in [7, 11) is 0. The van der Waals surface area contributed by atoms with Gasteiger partial charge in [-0.15, -0.1) is 34.0 Å². The maximum absolute atomic E-state index is 5.09. The molecule has 63 heavy (non-hydrogen) atoms. The van der Waals surface area contributed by atoms with Gasteiger partial charge >= 0.3 is 0 Å². The van der Waals surface area contributed by atoms with Gasteiger partial charge in [0.15, 0.2) is 0 Å². The Bertz CT molecular complexity index is 2750. The molecule has 0 amide bonds. The molecule has 0 aliphatic rings. The Labute approximate surface area is 383 Å². The van der Waals surface area contributed by atoms with Gasteiger partial charge in [-0.3, -0.25) is 19.9 Å². The second-order valence-electron chi connectivity index (χ2n) is 15.8. The van der Waals surface area contributed by atoms with Crippen molar-refractivity contribution >= 4 is 34.0 Å². The Morgan fingerprint density at radius 2 is 0.778 bits per heavy atom. The van der Waals surface area contributed by atoms with Crippen molar-refractivity contribution in [3.05, 3.63) is 157 Å². The van der Waals surface area contributed by atoms with Crippen LogP contribution in [-0.4, -0.2) is 29.9 Å². The smallest absolute Gasteiger partial charge is 0.0900 e. The SMILES string of the molecule is CCCCCCc1cc(-c2ccc(-c3sc(-c4cc(-c5ccccn5)nc(-c5ccccn5)c4)cc3CCCCCC)s2)sc1-c1cc(-c2ccccn2)nc(-c2ccccn2)c1. The summed E-state index contributed by atoms with van der Waals surface area (Å²) >= 11 is 5.70. The van der Waals surface area contributed by atoms with E-state index in [0.717, 1.165) is 75.9 Å². The van der Waals surface area contributed by atoms with Crippen LogP contribution in [0.25, 0.3) is 85.9 Å².